The highest BCUT2D eigenvalue weighted by molar-refractivity contribution is 7.17. The average Bonchev–Trinajstić information content (AvgIpc) is 3.13. The van der Waals surface area contributed by atoms with Gasteiger partial charge in [-0.05, 0) is 30.5 Å². The number of amides is 1. The minimum atomic E-state index is -0.307. The van der Waals surface area contributed by atoms with Crippen molar-refractivity contribution < 1.29 is 9.18 Å². The highest BCUT2D eigenvalue weighted by Crippen LogP contribution is 2.25. The van der Waals surface area contributed by atoms with E-state index in [1.807, 2.05) is 41.2 Å². The Balaban J connectivity index is 1.83. The standard InChI is InChI=1S/C18H17FN2OS/c1-2-3-9-21-15-8-10-23-17(15)11-16(21)18(22)20-12-13-6-4-5-7-14(13)19/h2-8,10-11H,9,12H2,1H3,(H,20,22). The molecule has 0 spiro atoms. The van der Waals surface area contributed by atoms with Gasteiger partial charge in [0.1, 0.15) is 11.5 Å². The normalized spacial score (nSPS) is 11.4. The van der Waals surface area contributed by atoms with Crippen molar-refractivity contribution in [2.75, 3.05) is 0 Å². The third-order valence-corrected chi connectivity index (χ3v) is 4.53. The quantitative estimate of drug-likeness (QED) is 0.694. The Labute approximate surface area is 138 Å². The molecule has 3 rings (SSSR count). The maximum absolute atomic E-state index is 13.6. The Hall–Kier alpha value is -2.40. The molecule has 0 aliphatic rings. The van der Waals surface area contributed by atoms with Gasteiger partial charge in [-0.2, -0.15) is 0 Å². The summed E-state index contributed by atoms with van der Waals surface area (Å²) in [7, 11) is 0. The lowest BCUT2D eigenvalue weighted by Gasteiger charge is -2.09. The number of carbonyl (C=O) groups is 1. The first-order chi connectivity index (χ1) is 11.2. The molecule has 0 unspecified atom stereocenters. The van der Waals surface area contributed by atoms with Crippen molar-refractivity contribution in [2.45, 2.75) is 20.0 Å². The van der Waals surface area contributed by atoms with Gasteiger partial charge >= 0.3 is 0 Å². The monoisotopic (exact) mass is 328 g/mol. The lowest BCUT2D eigenvalue weighted by molar-refractivity contribution is 0.0942. The van der Waals surface area contributed by atoms with Crippen LogP contribution in [0.4, 0.5) is 4.39 Å². The summed E-state index contributed by atoms with van der Waals surface area (Å²) in [5, 5.41) is 4.82. The molecule has 0 atom stereocenters. The molecular weight excluding hydrogens is 311 g/mol. The maximum Gasteiger partial charge on any atom is 0.268 e. The number of nitrogens with one attached hydrogen (secondary N) is 1. The number of allylic oxidation sites excluding steroid dienone is 2. The van der Waals surface area contributed by atoms with E-state index in [-0.39, 0.29) is 18.3 Å². The molecule has 0 fully saturated rings. The first-order valence-corrected chi connectivity index (χ1v) is 8.28. The van der Waals surface area contributed by atoms with Crippen LogP contribution in [0.15, 0.2) is 53.9 Å². The van der Waals surface area contributed by atoms with Crippen LogP contribution in [0.5, 0.6) is 0 Å². The van der Waals surface area contributed by atoms with E-state index >= 15 is 0 Å². The Bertz CT molecular complexity index is 863. The van der Waals surface area contributed by atoms with Crippen LogP contribution in [-0.4, -0.2) is 10.5 Å². The van der Waals surface area contributed by atoms with Crippen molar-refractivity contribution in [3.05, 3.63) is 71.0 Å². The highest BCUT2D eigenvalue weighted by atomic mass is 32.1. The van der Waals surface area contributed by atoms with E-state index in [0.717, 1.165) is 10.2 Å². The SMILES string of the molecule is CC=CCn1c(C(=O)NCc2ccccc2F)cc2sccc21. The molecule has 0 saturated heterocycles. The summed E-state index contributed by atoms with van der Waals surface area (Å²) in [5.41, 5.74) is 2.12. The van der Waals surface area contributed by atoms with Gasteiger partial charge in [-0.1, -0.05) is 30.4 Å². The zero-order chi connectivity index (χ0) is 16.2. The maximum atomic E-state index is 13.6. The molecular formula is C18H17FN2OS. The molecule has 1 N–H and O–H groups in total. The summed E-state index contributed by atoms with van der Waals surface area (Å²) in [4.78, 5) is 12.5. The molecule has 0 aliphatic carbocycles. The van der Waals surface area contributed by atoms with Crippen LogP contribution >= 0.6 is 11.3 Å². The summed E-state index contributed by atoms with van der Waals surface area (Å²) >= 11 is 1.61. The number of hydrogen-bond acceptors (Lipinski definition) is 2. The number of rotatable bonds is 5. The van der Waals surface area contributed by atoms with Gasteiger partial charge in [0.15, 0.2) is 0 Å². The Morgan fingerprint density at radius 3 is 2.96 bits per heavy atom. The summed E-state index contributed by atoms with van der Waals surface area (Å²) < 4.78 is 16.7. The molecule has 2 aromatic heterocycles. The van der Waals surface area contributed by atoms with Crippen LogP contribution < -0.4 is 5.32 Å². The summed E-state index contributed by atoms with van der Waals surface area (Å²) in [5.74, 6) is -0.501. The van der Waals surface area contributed by atoms with Gasteiger partial charge in [-0.25, -0.2) is 4.39 Å². The van der Waals surface area contributed by atoms with Crippen molar-refractivity contribution in [3.63, 3.8) is 0 Å². The highest BCUT2D eigenvalue weighted by Gasteiger charge is 2.16. The number of hydrogen-bond donors (Lipinski definition) is 1. The first-order valence-electron chi connectivity index (χ1n) is 7.40. The van der Waals surface area contributed by atoms with Gasteiger partial charge in [0, 0.05) is 18.7 Å². The minimum absolute atomic E-state index is 0.175. The van der Waals surface area contributed by atoms with Gasteiger partial charge in [-0.3, -0.25) is 4.79 Å². The molecule has 0 bridgehead atoms. The molecule has 2 heterocycles. The Kier molecular flexibility index (Phi) is 4.57. The molecule has 23 heavy (non-hydrogen) atoms. The largest absolute Gasteiger partial charge is 0.347 e. The van der Waals surface area contributed by atoms with Crippen molar-refractivity contribution >= 4 is 27.5 Å². The van der Waals surface area contributed by atoms with Gasteiger partial charge in [-0.15, -0.1) is 11.3 Å². The summed E-state index contributed by atoms with van der Waals surface area (Å²) in [6, 6.07) is 10.4. The van der Waals surface area contributed by atoms with Gasteiger partial charge in [0.2, 0.25) is 0 Å². The van der Waals surface area contributed by atoms with E-state index in [1.165, 1.54) is 6.07 Å². The summed E-state index contributed by atoms with van der Waals surface area (Å²) in [6.45, 7) is 2.76. The second-order valence-corrected chi connectivity index (χ2v) is 6.10. The zero-order valence-electron chi connectivity index (χ0n) is 12.8. The molecule has 118 valence electrons. The predicted molar refractivity (Wildman–Crippen MR) is 92.2 cm³/mol. The average molecular weight is 328 g/mol. The first kappa shape index (κ1) is 15.5. The fourth-order valence-corrected chi connectivity index (χ4v) is 3.30. The molecule has 1 amide bonds. The molecule has 0 saturated carbocycles. The Morgan fingerprint density at radius 1 is 1.35 bits per heavy atom. The van der Waals surface area contributed by atoms with Gasteiger partial charge in [0.05, 0.1) is 10.2 Å². The number of fused-ring (bicyclic) bond motifs is 1. The minimum Gasteiger partial charge on any atom is -0.347 e. The van der Waals surface area contributed by atoms with Crippen LogP contribution in [0, 0.1) is 5.82 Å². The number of halogens is 1. The van der Waals surface area contributed by atoms with E-state index < -0.39 is 0 Å². The fraction of sp³-hybridized carbons (Fsp3) is 0.167. The number of aromatic nitrogens is 1. The third-order valence-electron chi connectivity index (χ3n) is 3.68. The zero-order valence-corrected chi connectivity index (χ0v) is 13.6. The molecule has 5 heteroatoms. The van der Waals surface area contributed by atoms with Gasteiger partial charge in [0.25, 0.3) is 5.91 Å². The molecule has 0 aliphatic heterocycles. The van der Waals surface area contributed by atoms with Crippen molar-refractivity contribution in [2.24, 2.45) is 0 Å². The molecule has 3 aromatic rings. The second-order valence-electron chi connectivity index (χ2n) is 5.15. The van der Waals surface area contributed by atoms with Crippen molar-refractivity contribution in [1.82, 2.24) is 9.88 Å². The van der Waals surface area contributed by atoms with Crippen molar-refractivity contribution in [1.29, 1.82) is 0 Å². The smallest absolute Gasteiger partial charge is 0.268 e. The predicted octanol–water partition coefficient (Wildman–Crippen LogP) is 4.35. The van der Waals surface area contributed by atoms with E-state index in [9.17, 15) is 9.18 Å². The van der Waals surface area contributed by atoms with Crippen LogP contribution in [-0.2, 0) is 13.1 Å². The number of nitrogens with zero attached hydrogens (tertiary/aromatic N) is 1. The molecule has 1 aromatic carbocycles. The lowest BCUT2D eigenvalue weighted by Crippen LogP contribution is -2.25. The summed E-state index contributed by atoms with van der Waals surface area (Å²) in [6.07, 6.45) is 3.96. The van der Waals surface area contributed by atoms with Crippen LogP contribution in [0.3, 0.4) is 0 Å². The Morgan fingerprint density at radius 2 is 2.17 bits per heavy atom. The molecule has 3 nitrogen and oxygen atoms in total. The van der Waals surface area contributed by atoms with E-state index in [0.29, 0.717) is 17.8 Å². The molecule has 0 radical (unpaired) electrons. The fourth-order valence-electron chi connectivity index (χ4n) is 2.48. The topological polar surface area (TPSA) is 34.0 Å². The number of thiophene rings is 1. The second kappa shape index (κ2) is 6.79. The van der Waals surface area contributed by atoms with E-state index in [4.69, 9.17) is 0 Å². The van der Waals surface area contributed by atoms with Gasteiger partial charge < -0.3 is 9.88 Å². The van der Waals surface area contributed by atoms with Crippen molar-refractivity contribution in [3.8, 4) is 0 Å². The van der Waals surface area contributed by atoms with Crippen LogP contribution in [0.2, 0.25) is 0 Å². The number of benzene rings is 1. The van der Waals surface area contributed by atoms with Crippen LogP contribution in [0.1, 0.15) is 23.0 Å². The van der Waals surface area contributed by atoms with Crippen LogP contribution in [0.25, 0.3) is 10.2 Å². The van der Waals surface area contributed by atoms with E-state index in [1.54, 1.807) is 29.5 Å². The number of carbonyl (C=O) groups excluding carboxylic acids is 1. The van der Waals surface area contributed by atoms with E-state index in [2.05, 4.69) is 5.32 Å². The lowest BCUT2D eigenvalue weighted by atomic mass is 10.2. The third kappa shape index (κ3) is 3.19.